The van der Waals surface area contributed by atoms with E-state index in [0.717, 1.165) is 43.9 Å². The highest BCUT2D eigenvalue weighted by Gasteiger charge is 2.55. The van der Waals surface area contributed by atoms with E-state index in [4.69, 9.17) is 4.74 Å². The van der Waals surface area contributed by atoms with Crippen molar-refractivity contribution >= 4 is 0 Å². The van der Waals surface area contributed by atoms with Crippen molar-refractivity contribution in [2.45, 2.75) is 52.0 Å². The second-order valence-electron chi connectivity index (χ2n) is 5.47. The Kier molecular flexibility index (Phi) is 4.66. The molecule has 2 saturated carbocycles. The average molecular weight is 225 g/mol. The molecule has 3 unspecified atom stereocenters. The summed E-state index contributed by atoms with van der Waals surface area (Å²) in [4.78, 5) is 0. The SMILES string of the molecule is CCCNC(COCCC)C1C2CCCC21. The zero-order valence-corrected chi connectivity index (χ0v) is 10.9. The minimum atomic E-state index is 0.641. The highest BCUT2D eigenvalue weighted by Crippen LogP contribution is 2.58. The van der Waals surface area contributed by atoms with Crippen LogP contribution in [0.4, 0.5) is 0 Å². The smallest absolute Gasteiger partial charge is 0.0622 e. The van der Waals surface area contributed by atoms with Gasteiger partial charge in [-0.3, -0.25) is 0 Å². The van der Waals surface area contributed by atoms with Crippen molar-refractivity contribution in [2.75, 3.05) is 19.8 Å². The van der Waals surface area contributed by atoms with E-state index in [1.165, 1.54) is 25.7 Å². The van der Waals surface area contributed by atoms with Crippen LogP contribution >= 0.6 is 0 Å². The van der Waals surface area contributed by atoms with Crippen LogP contribution in [0.15, 0.2) is 0 Å². The van der Waals surface area contributed by atoms with Gasteiger partial charge < -0.3 is 10.1 Å². The number of hydrogen-bond acceptors (Lipinski definition) is 2. The lowest BCUT2D eigenvalue weighted by Crippen LogP contribution is -2.37. The summed E-state index contributed by atoms with van der Waals surface area (Å²) in [6.07, 6.45) is 6.80. The van der Waals surface area contributed by atoms with E-state index in [-0.39, 0.29) is 0 Å². The Morgan fingerprint density at radius 1 is 1.19 bits per heavy atom. The third-order valence-electron chi connectivity index (χ3n) is 4.24. The van der Waals surface area contributed by atoms with Crippen molar-refractivity contribution in [2.24, 2.45) is 17.8 Å². The van der Waals surface area contributed by atoms with E-state index >= 15 is 0 Å². The summed E-state index contributed by atoms with van der Waals surface area (Å²) in [6, 6.07) is 0.641. The Balaban J connectivity index is 1.74. The summed E-state index contributed by atoms with van der Waals surface area (Å²) in [7, 11) is 0. The molecule has 2 rings (SSSR count). The molecule has 2 aliphatic rings. The van der Waals surface area contributed by atoms with Gasteiger partial charge in [-0.1, -0.05) is 20.3 Å². The molecule has 0 bridgehead atoms. The summed E-state index contributed by atoms with van der Waals surface area (Å²) in [5, 5.41) is 3.69. The minimum absolute atomic E-state index is 0.641. The minimum Gasteiger partial charge on any atom is -0.380 e. The molecule has 0 aromatic heterocycles. The van der Waals surface area contributed by atoms with Crippen molar-refractivity contribution in [3.05, 3.63) is 0 Å². The van der Waals surface area contributed by atoms with E-state index in [1.54, 1.807) is 0 Å². The van der Waals surface area contributed by atoms with Gasteiger partial charge in [-0.05, 0) is 50.0 Å². The lowest BCUT2D eigenvalue weighted by molar-refractivity contribution is 0.101. The molecule has 3 atom stereocenters. The van der Waals surface area contributed by atoms with Crippen LogP contribution in [-0.2, 0) is 4.74 Å². The topological polar surface area (TPSA) is 21.3 Å². The van der Waals surface area contributed by atoms with E-state index in [1.807, 2.05) is 0 Å². The summed E-state index contributed by atoms with van der Waals surface area (Å²) in [6.45, 7) is 7.43. The summed E-state index contributed by atoms with van der Waals surface area (Å²) >= 11 is 0. The first-order valence-electron chi connectivity index (χ1n) is 7.19. The Morgan fingerprint density at radius 2 is 1.94 bits per heavy atom. The lowest BCUT2D eigenvalue weighted by atomic mass is 10.0. The zero-order valence-electron chi connectivity index (χ0n) is 10.9. The predicted octanol–water partition coefficient (Wildman–Crippen LogP) is 2.83. The molecule has 2 nitrogen and oxygen atoms in total. The van der Waals surface area contributed by atoms with Crippen LogP contribution in [0.1, 0.15) is 46.0 Å². The first kappa shape index (κ1) is 12.4. The monoisotopic (exact) mass is 225 g/mol. The van der Waals surface area contributed by atoms with Gasteiger partial charge in [0.2, 0.25) is 0 Å². The van der Waals surface area contributed by atoms with Gasteiger partial charge in [-0.15, -0.1) is 0 Å². The third kappa shape index (κ3) is 2.78. The van der Waals surface area contributed by atoms with Gasteiger partial charge in [-0.2, -0.15) is 0 Å². The normalized spacial score (nSPS) is 33.8. The fourth-order valence-electron chi connectivity index (χ4n) is 3.46. The summed E-state index contributed by atoms with van der Waals surface area (Å²) < 4.78 is 5.75. The molecule has 94 valence electrons. The predicted molar refractivity (Wildman–Crippen MR) is 67.5 cm³/mol. The van der Waals surface area contributed by atoms with Gasteiger partial charge in [0.1, 0.15) is 0 Å². The molecule has 0 heterocycles. The van der Waals surface area contributed by atoms with Crippen LogP contribution in [0.2, 0.25) is 0 Å². The second-order valence-corrected chi connectivity index (χ2v) is 5.47. The summed E-state index contributed by atoms with van der Waals surface area (Å²) in [5.41, 5.74) is 0. The first-order valence-corrected chi connectivity index (χ1v) is 7.19. The maximum absolute atomic E-state index is 5.75. The largest absolute Gasteiger partial charge is 0.380 e. The highest BCUT2D eigenvalue weighted by atomic mass is 16.5. The van der Waals surface area contributed by atoms with Gasteiger partial charge >= 0.3 is 0 Å². The zero-order chi connectivity index (χ0) is 11.4. The van der Waals surface area contributed by atoms with E-state index in [0.29, 0.717) is 6.04 Å². The molecule has 0 aliphatic heterocycles. The molecule has 2 fully saturated rings. The van der Waals surface area contributed by atoms with Gasteiger partial charge in [-0.25, -0.2) is 0 Å². The van der Waals surface area contributed by atoms with Crippen molar-refractivity contribution in [3.63, 3.8) is 0 Å². The van der Waals surface area contributed by atoms with Crippen molar-refractivity contribution < 1.29 is 4.74 Å². The van der Waals surface area contributed by atoms with Gasteiger partial charge in [0, 0.05) is 12.6 Å². The van der Waals surface area contributed by atoms with Gasteiger partial charge in [0.15, 0.2) is 0 Å². The third-order valence-corrected chi connectivity index (χ3v) is 4.24. The van der Waals surface area contributed by atoms with Crippen molar-refractivity contribution in [1.82, 2.24) is 5.32 Å². The average Bonchev–Trinajstić information content (AvgIpc) is 2.77. The highest BCUT2D eigenvalue weighted by molar-refractivity contribution is 5.06. The standard InChI is InChI=1S/C14H27NO/c1-3-8-15-13(10-16-9-4-2)14-11-6-5-7-12(11)14/h11-15H,3-10H2,1-2H3. The first-order chi connectivity index (χ1) is 7.88. The maximum Gasteiger partial charge on any atom is 0.0622 e. The molecule has 0 aromatic carbocycles. The molecule has 2 aliphatic carbocycles. The maximum atomic E-state index is 5.75. The molecule has 2 heteroatoms. The van der Waals surface area contributed by atoms with Crippen LogP contribution in [0, 0.1) is 17.8 Å². The second kappa shape index (κ2) is 6.02. The van der Waals surface area contributed by atoms with E-state index in [9.17, 15) is 0 Å². The Labute approximate surface area is 100 Å². The molecule has 0 radical (unpaired) electrons. The van der Waals surface area contributed by atoms with E-state index < -0.39 is 0 Å². The molecule has 1 N–H and O–H groups in total. The lowest BCUT2D eigenvalue weighted by Gasteiger charge is -2.20. The molecule has 0 aromatic rings. The van der Waals surface area contributed by atoms with Crippen LogP contribution in [0.25, 0.3) is 0 Å². The molecular formula is C14H27NO. The number of rotatable bonds is 8. The fraction of sp³-hybridized carbons (Fsp3) is 1.00. The molecular weight excluding hydrogens is 198 g/mol. The quantitative estimate of drug-likeness (QED) is 0.641. The summed E-state index contributed by atoms with van der Waals surface area (Å²) in [5.74, 6) is 3.02. The molecule has 0 amide bonds. The number of hydrogen-bond donors (Lipinski definition) is 1. The van der Waals surface area contributed by atoms with Crippen LogP contribution in [0.3, 0.4) is 0 Å². The van der Waals surface area contributed by atoms with Crippen LogP contribution in [-0.4, -0.2) is 25.8 Å². The van der Waals surface area contributed by atoms with Crippen molar-refractivity contribution in [1.29, 1.82) is 0 Å². The molecule has 16 heavy (non-hydrogen) atoms. The Hall–Kier alpha value is -0.0800. The Bertz CT molecular complexity index is 197. The van der Waals surface area contributed by atoms with Gasteiger partial charge in [0.05, 0.1) is 6.61 Å². The van der Waals surface area contributed by atoms with Gasteiger partial charge in [0.25, 0.3) is 0 Å². The van der Waals surface area contributed by atoms with E-state index in [2.05, 4.69) is 19.2 Å². The number of fused-ring (bicyclic) bond motifs is 1. The van der Waals surface area contributed by atoms with Crippen molar-refractivity contribution in [3.8, 4) is 0 Å². The molecule has 0 spiro atoms. The molecule has 0 saturated heterocycles. The van der Waals surface area contributed by atoms with Crippen LogP contribution < -0.4 is 5.32 Å². The fourth-order valence-corrected chi connectivity index (χ4v) is 3.46. The number of ether oxygens (including phenoxy) is 1. The van der Waals surface area contributed by atoms with Crippen LogP contribution in [0.5, 0.6) is 0 Å². The Morgan fingerprint density at radius 3 is 2.56 bits per heavy atom. The number of nitrogens with one attached hydrogen (secondary N) is 1.